The zero-order valence-electron chi connectivity index (χ0n) is 12.7. The molecule has 3 atom stereocenters. The molecule has 1 heterocycles. The monoisotopic (exact) mass is 289 g/mol. The second kappa shape index (κ2) is 6.27. The van der Waals surface area contributed by atoms with Crippen molar-refractivity contribution < 1.29 is 9.18 Å². The Morgan fingerprint density at radius 1 is 1.29 bits per heavy atom. The van der Waals surface area contributed by atoms with Crippen LogP contribution >= 0.6 is 0 Å². The minimum Gasteiger partial charge on any atom is -0.299 e. The summed E-state index contributed by atoms with van der Waals surface area (Å²) in [6, 6.07) is 6.99. The zero-order valence-corrected chi connectivity index (χ0v) is 12.7. The molecule has 114 valence electrons. The van der Waals surface area contributed by atoms with Crippen molar-refractivity contribution in [3.05, 3.63) is 35.6 Å². The molecule has 1 saturated carbocycles. The minimum absolute atomic E-state index is 0.0618. The molecule has 1 aromatic rings. The quantitative estimate of drug-likeness (QED) is 0.783. The summed E-state index contributed by atoms with van der Waals surface area (Å²) in [6.45, 7) is 3.80. The fraction of sp³-hybridized carbons (Fsp3) is 0.611. The van der Waals surface area contributed by atoms with Gasteiger partial charge in [-0.2, -0.15) is 0 Å². The molecule has 0 radical (unpaired) electrons. The van der Waals surface area contributed by atoms with E-state index in [0.717, 1.165) is 19.0 Å². The van der Waals surface area contributed by atoms with Crippen molar-refractivity contribution in [1.29, 1.82) is 0 Å². The summed E-state index contributed by atoms with van der Waals surface area (Å²) >= 11 is 0. The van der Waals surface area contributed by atoms with Crippen LogP contribution in [0.2, 0.25) is 0 Å². The largest absolute Gasteiger partial charge is 0.299 e. The van der Waals surface area contributed by atoms with Gasteiger partial charge in [-0.25, -0.2) is 4.39 Å². The van der Waals surface area contributed by atoms with Crippen LogP contribution in [0.4, 0.5) is 4.39 Å². The topological polar surface area (TPSA) is 20.3 Å². The Kier molecular flexibility index (Phi) is 4.39. The van der Waals surface area contributed by atoms with Crippen molar-refractivity contribution in [3.63, 3.8) is 0 Å². The first kappa shape index (κ1) is 14.7. The van der Waals surface area contributed by atoms with Crippen LogP contribution in [0.3, 0.4) is 0 Å². The standard InChI is InChI=1S/C18H24FNO/c1-13(18(21)15-8-2-3-9-16(15)19)12-20-11-5-7-14-6-4-10-17(14)20/h2-3,8-9,13-14,17H,4-7,10-12H2,1H3. The fourth-order valence-electron chi connectivity index (χ4n) is 4.14. The number of likely N-dealkylation sites (tertiary alicyclic amines) is 1. The summed E-state index contributed by atoms with van der Waals surface area (Å²) < 4.78 is 13.8. The molecule has 0 aromatic heterocycles. The van der Waals surface area contributed by atoms with Crippen molar-refractivity contribution >= 4 is 5.78 Å². The van der Waals surface area contributed by atoms with Gasteiger partial charge in [-0.1, -0.05) is 25.5 Å². The Morgan fingerprint density at radius 2 is 2.05 bits per heavy atom. The lowest BCUT2D eigenvalue weighted by atomic mass is 9.90. The van der Waals surface area contributed by atoms with E-state index in [-0.39, 0.29) is 17.3 Å². The lowest BCUT2D eigenvalue weighted by molar-refractivity contribution is 0.0751. The van der Waals surface area contributed by atoms with Gasteiger partial charge in [0.2, 0.25) is 0 Å². The molecule has 1 aliphatic heterocycles. The van der Waals surface area contributed by atoms with Gasteiger partial charge in [-0.3, -0.25) is 9.69 Å². The molecule has 0 spiro atoms. The Labute approximate surface area is 126 Å². The van der Waals surface area contributed by atoms with Gasteiger partial charge in [0.15, 0.2) is 5.78 Å². The number of rotatable bonds is 4. The summed E-state index contributed by atoms with van der Waals surface area (Å²) in [4.78, 5) is 15.0. The van der Waals surface area contributed by atoms with E-state index < -0.39 is 5.82 Å². The Balaban J connectivity index is 1.67. The summed E-state index contributed by atoms with van der Waals surface area (Å²) in [5, 5.41) is 0. The molecule has 2 aliphatic rings. The first-order valence-electron chi connectivity index (χ1n) is 8.19. The summed E-state index contributed by atoms with van der Waals surface area (Å²) in [5.41, 5.74) is 0.241. The second-order valence-electron chi connectivity index (χ2n) is 6.64. The van der Waals surface area contributed by atoms with E-state index in [1.54, 1.807) is 18.2 Å². The Bertz CT molecular complexity index is 516. The molecular formula is C18H24FNO. The number of halogens is 1. The van der Waals surface area contributed by atoms with E-state index >= 15 is 0 Å². The summed E-state index contributed by atoms with van der Waals surface area (Å²) in [6.07, 6.45) is 6.52. The highest BCUT2D eigenvalue weighted by Crippen LogP contribution is 2.37. The van der Waals surface area contributed by atoms with Gasteiger partial charge in [0.25, 0.3) is 0 Å². The predicted octanol–water partition coefficient (Wildman–Crippen LogP) is 3.91. The van der Waals surface area contributed by atoms with Crippen LogP contribution in [0.5, 0.6) is 0 Å². The third kappa shape index (κ3) is 3.03. The summed E-state index contributed by atoms with van der Waals surface area (Å²) in [5.74, 6) is 0.232. The first-order valence-corrected chi connectivity index (χ1v) is 8.19. The molecule has 0 N–H and O–H groups in total. The molecule has 3 heteroatoms. The zero-order chi connectivity index (χ0) is 14.8. The minimum atomic E-state index is -0.397. The van der Waals surface area contributed by atoms with Crippen molar-refractivity contribution in [2.75, 3.05) is 13.1 Å². The number of piperidine rings is 1. The van der Waals surface area contributed by atoms with Crippen molar-refractivity contribution in [2.45, 2.75) is 45.1 Å². The van der Waals surface area contributed by atoms with E-state index in [9.17, 15) is 9.18 Å². The number of benzene rings is 1. The Hall–Kier alpha value is -1.22. The van der Waals surface area contributed by atoms with Gasteiger partial charge in [0.05, 0.1) is 5.56 Å². The smallest absolute Gasteiger partial charge is 0.169 e. The summed E-state index contributed by atoms with van der Waals surface area (Å²) in [7, 11) is 0. The van der Waals surface area contributed by atoms with Crippen LogP contribution in [0.1, 0.15) is 49.4 Å². The highest BCUT2D eigenvalue weighted by Gasteiger charge is 2.36. The molecule has 21 heavy (non-hydrogen) atoms. The third-order valence-electron chi connectivity index (χ3n) is 5.20. The van der Waals surface area contributed by atoms with Crippen LogP contribution in [0.15, 0.2) is 24.3 Å². The van der Waals surface area contributed by atoms with Gasteiger partial charge in [0.1, 0.15) is 5.82 Å². The van der Waals surface area contributed by atoms with Gasteiger partial charge >= 0.3 is 0 Å². The van der Waals surface area contributed by atoms with Crippen molar-refractivity contribution in [1.82, 2.24) is 4.90 Å². The number of hydrogen-bond acceptors (Lipinski definition) is 2. The highest BCUT2D eigenvalue weighted by molar-refractivity contribution is 5.98. The molecule has 3 rings (SSSR count). The van der Waals surface area contributed by atoms with E-state index in [1.165, 1.54) is 38.2 Å². The van der Waals surface area contributed by atoms with E-state index in [0.29, 0.717) is 6.04 Å². The fourth-order valence-corrected chi connectivity index (χ4v) is 4.14. The number of Topliss-reactive ketones (excluding diaryl/α,β-unsaturated/α-hetero) is 1. The molecule has 0 bridgehead atoms. The molecule has 2 fully saturated rings. The maximum Gasteiger partial charge on any atom is 0.169 e. The van der Waals surface area contributed by atoms with Crippen LogP contribution < -0.4 is 0 Å². The van der Waals surface area contributed by atoms with E-state index in [1.807, 2.05) is 6.92 Å². The first-order chi connectivity index (χ1) is 10.2. The molecular weight excluding hydrogens is 265 g/mol. The van der Waals surface area contributed by atoms with Gasteiger partial charge < -0.3 is 0 Å². The average Bonchev–Trinajstić information content (AvgIpc) is 2.96. The van der Waals surface area contributed by atoms with Crippen molar-refractivity contribution in [2.24, 2.45) is 11.8 Å². The number of nitrogens with zero attached hydrogens (tertiary/aromatic N) is 1. The predicted molar refractivity (Wildman–Crippen MR) is 81.8 cm³/mol. The van der Waals surface area contributed by atoms with Crippen LogP contribution in [0.25, 0.3) is 0 Å². The molecule has 2 nitrogen and oxygen atoms in total. The second-order valence-corrected chi connectivity index (χ2v) is 6.64. The number of carbonyl (C=O) groups is 1. The SMILES string of the molecule is CC(CN1CCCC2CCCC21)C(=O)c1ccccc1F. The molecule has 1 saturated heterocycles. The third-order valence-corrected chi connectivity index (χ3v) is 5.20. The lowest BCUT2D eigenvalue weighted by Crippen LogP contribution is -2.45. The van der Waals surface area contributed by atoms with Crippen LogP contribution in [-0.4, -0.2) is 29.8 Å². The molecule has 1 aliphatic carbocycles. The van der Waals surface area contributed by atoms with Gasteiger partial charge in [0, 0.05) is 18.5 Å². The average molecular weight is 289 g/mol. The van der Waals surface area contributed by atoms with Crippen LogP contribution in [-0.2, 0) is 0 Å². The van der Waals surface area contributed by atoms with Gasteiger partial charge in [-0.05, 0) is 50.3 Å². The number of fused-ring (bicyclic) bond motifs is 1. The maximum atomic E-state index is 13.8. The number of carbonyl (C=O) groups excluding carboxylic acids is 1. The molecule has 0 amide bonds. The molecule has 3 unspecified atom stereocenters. The maximum absolute atomic E-state index is 13.8. The van der Waals surface area contributed by atoms with E-state index in [4.69, 9.17) is 0 Å². The number of ketones is 1. The van der Waals surface area contributed by atoms with E-state index in [2.05, 4.69) is 4.90 Å². The highest BCUT2D eigenvalue weighted by atomic mass is 19.1. The lowest BCUT2D eigenvalue weighted by Gasteiger charge is -2.39. The molecule has 1 aromatic carbocycles. The van der Waals surface area contributed by atoms with Crippen molar-refractivity contribution in [3.8, 4) is 0 Å². The van der Waals surface area contributed by atoms with Crippen LogP contribution in [0, 0.1) is 17.7 Å². The number of hydrogen-bond donors (Lipinski definition) is 0. The normalized spacial score (nSPS) is 27.3. The Morgan fingerprint density at radius 3 is 2.86 bits per heavy atom. The van der Waals surface area contributed by atoms with Gasteiger partial charge in [-0.15, -0.1) is 0 Å².